The first-order chi connectivity index (χ1) is 13.5. The molecule has 0 saturated carbocycles. The average Bonchev–Trinajstić information content (AvgIpc) is 2.99. The molecule has 28 heavy (non-hydrogen) atoms. The van der Waals surface area contributed by atoms with Crippen LogP contribution in [0, 0.1) is 6.92 Å². The lowest BCUT2D eigenvalue weighted by Gasteiger charge is -2.06. The number of fused-ring (bicyclic) bond motifs is 1. The number of esters is 1. The Labute approximate surface area is 170 Å². The number of allylic oxidation sites excluding steroid dienone is 1. The Hall–Kier alpha value is -3.18. The van der Waals surface area contributed by atoms with Crippen LogP contribution in [0.2, 0.25) is 0 Å². The van der Waals surface area contributed by atoms with Gasteiger partial charge in [0.15, 0.2) is 5.76 Å². The number of halogens is 1. The van der Waals surface area contributed by atoms with Crippen molar-refractivity contribution in [2.45, 2.75) is 6.92 Å². The molecule has 0 aromatic heterocycles. The Balaban J connectivity index is 1.54. The van der Waals surface area contributed by atoms with Crippen molar-refractivity contribution in [2.24, 2.45) is 0 Å². The van der Waals surface area contributed by atoms with Crippen LogP contribution in [-0.4, -0.2) is 11.8 Å². The molecule has 0 bridgehead atoms. The second-order valence-corrected chi connectivity index (χ2v) is 7.32. The van der Waals surface area contributed by atoms with Crippen molar-refractivity contribution in [1.29, 1.82) is 0 Å². The second-order valence-electron chi connectivity index (χ2n) is 6.40. The summed E-state index contributed by atoms with van der Waals surface area (Å²) >= 11 is 3.38. The van der Waals surface area contributed by atoms with Crippen LogP contribution in [0.25, 0.3) is 6.08 Å². The van der Waals surface area contributed by atoms with Gasteiger partial charge in [-0.1, -0.05) is 45.8 Å². The summed E-state index contributed by atoms with van der Waals surface area (Å²) in [6, 6.07) is 19.4. The summed E-state index contributed by atoms with van der Waals surface area (Å²) < 4.78 is 12.1. The zero-order valence-electron chi connectivity index (χ0n) is 14.9. The van der Waals surface area contributed by atoms with Crippen molar-refractivity contribution in [3.63, 3.8) is 0 Å². The number of hydrogen-bond donors (Lipinski definition) is 0. The van der Waals surface area contributed by atoms with Crippen LogP contribution in [0.4, 0.5) is 0 Å². The largest absolute Gasteiger partial charge is 0.452 e. The number of ketones is 1. The summed E-state index contributed by atoms with van der Waals surface area (Å²) in [5.74, 6) is 0.271. The number of rotatable bonds is 3. The molecule has 1 heterocycles. The van der Waals surface area contributed by atoms with Crippen LogP contribution >= 0.6 is 15.9 Å². The third-order valence-corrected chi connectivity index (χ3v) is 4.84. The molecule has 0 amide bonds. The van der Waals surface area contributed by atoms with Crippen LogP contribution < -0.4 is 9.47 Å². The maximum Gasteiger partial charge on any atom is 0.343 e. The Kier molecular flexibility index (Phi) is 4.84. The SMILES string of the molecule is Cc1ccc(C(=O)Oc2ccc3c(c2)OC(=Cc2ccc(Br)cc2)C3=O)cc1. The lowest BCUT2D eigenvalue weighted by atomic mass is 10.1. The highest BCUT2D eigenvalue weighted by atomic mass is 79.9. The smallest absolute Gasteiger partial charge is 0.343 e. The van der Waals surface area contributed by atoms with E-state index in [1.165, 1.54) is 0 Å². The Morgan fingerprint density at radius 1 is 1.00 bits per heavy atom. The van der Waals surface area contributed by atoms with Gasteiger partial charge in [-0.3, -0.25) is 4.79 Å². The lowest BCUT2D eigenvalue weighted by molar-refractivity contribution is 0.0734. The van der Waals surface area contributed by atoms with Gasteiger partial charge in [0.1, 0.15) is 11.5 Å². The normalized spacial score (nSPS) is 13.9. The van der Waals surface area contributed by atoms with Gasteiger partial charge in [-0.2, -0.15) is 0 Å². The molecule has 0 N–H and O–H groups in total. The molecule has 0 aliphatic carbocycles. The van der Waals surface area contributed by atoms with Gasteiger partial charge in [-0.25, -0.2) is 4.79 Å². The molecule has 1 aliphatic heterocycles. The van der Waals surface area contributed by atoms with E-state index in [0.717, 1.165) is 15.6 Å². The monoisotopic (exact) mass is 434 g/mol. The van der Waals surface area contributed by atoms with Crippen molar-refractivity contribution >= 4 is 33.8 Å². The van der Waals surface area contributed by atoms with E-state index >= 15 is 0 Å². The highest BCUT2D eigenvalue weighted by molar-refractivity contribution is 9.10. The third-order valence-electron chi connectivity index (χ3n) is 4.31. The van der Waals surface area contributed by atoms with Gasteiger partial charge in [-0.15, -0.1) is 0 Å². The van der Waals surface area contributed by atoms with Crippen LogP contribution in [0.3, 0.4) is 0 Å². The molecule has 1 aliphatic rings. The quantitative estimate of drug-likeness (QED) is 0.306. The van der Waals surface area contributed by atoms with E-state index in [0.29, 0.717) is 22.6 Å². The van der Waals surface area contributed by atoms with Gasteiger partial charge in [0.25, 0.3) is 0 Å². The summed E-state index contributed by atoms with van der Waals surface area (Å²) in [5.41, 5.74) is 2.81. The molecule has 4 nitrogen and oxygen atoms in total. The molecule has 0 unspecified atom stereocenters. The van der Waals surface area contributed by atoms with E-state index < -0.39 is 5.97 Å². The summed E-state index contributed by atoms with van der Waals surface area (Å²) in [6.45, 7) is 1.95. The highest BCUT2D eigenvalue weighted by Crippen LogP contribution is 2.35. The first kappa shape index (κ1) is 18.2. The van der Waals surface area contributed by atoms with Crippen molar-refractivity contribution in [3.8, 4) is 11.5 Å². The van der Waals surface area contributed by atoms with E-state index in [4.69, 9.17) is 9.47 Å². The Bertz CT molecular complexity index is 1100. The highest BCUT2D eigenvalue weighted by Gasteiger charge is 2.28. The Morgan fingerprint density at radius 3 is 2.43 bits per heavy atom. The molecular weight excluding hydrogens is 420 g/mol. The summed E-state index contributed by atoms with van der Waals surface area (Å²) in [4.78, 5) is 24.8. The number of carbonyl (C=O) groups is 2. The van der Waals surface area contributed by atoms with Crippen molar-refractivity contribution in [3.05, 3.63) is 99.2 Å². The molecule has 3 aromatic carbocycles. The Morgan fingerprint density at radius 2 is 1.71 bits per heavy atom. The second kappa shape index (κ2) is 7.44. The van der Waals surface area contributed by atoms with Crippen molar-refractivity contribution in [2.75, 3.05) is 0 Å². The van der Waals surface area contributed by atoms with Gasteiger partial charge in [0.2, 0.25) is 5.78 Å². The van der Waals surface area contributed by atoms with Gasteiger partial charge >= 0.3 is 5.97 Å². The predicted octanol–water partition coefficient (Wildman–Crippen LogP) is 5.59. The van der Waals surface area contributed by atoms with Crippen LogP contribution in [-0.2, 0) is 0 Å². The van der Waals surface area contributed by atoms with E-state index in [2.05, 4.69) is 15.9 Å². The molecule has 0 saturated heterocycles. The number of ether oxygens (including phenoxy) is 2. The maximum absolute atomic E-state index is 12.5. The van der Waals surface area contributed by atoms with Gasteiger partial charge in [-0.05, 0) is 55.0 Å². The van der Waals surface area contributed by atoms with Crippen molar-refractivity contribution in [1.82, 2.24) is 0 Å². The third kappa shape index (κ3) is 3.75. The van der Waals surface area contributed by atoms with Crippen LogP contribution in [0.5, 0.6) is 11.5 Å². The van der Waals surface area contributed by atoms with Crippen LogP contribution in [0.1, 0.15) is 31.8 Å². The molecule has 0 spiro atoms. The van der Waals surface area contributed by atoms with Gasteiger partial charge < -0.3 is 9.47 Å². The molecule has 0 fully saturated rings. The fourth-order valence-corrected chi connectivity index (χ4v) is 3.06. The predicted molar refractivity (Wildman–Crippen MR) is 110 cm³/mol. The van der Waals surface area contributed by atoms with E-state index in [1.54, 1.807) is 36.4 Å². The van der Waals surface area contributed by atoms with Crippen molar-refractivity contribution < 1.29 is 19.1 Å². The lowest BCUT2D eigenvalue weighted by Crippen LogP contribution is -2.08. The standard InChI is InChI=1S/C23H15BrO4/c1-14-2-6-16(7-3-14)23(26)27-18-10-11-19-20(13-18)28-21(22(19)25)12-15-4-8-17(24)9-5-15/h2-13H,1H3. The fraction of sp³-hybridized carbons (Fsp3) is 0.0435. The molecule has 3 aromatic rings. The summed E-state index contributed by atoms with van der Waals surface area (Å²) in [7, 11) is 0. The number of aryl methyl sites for hydroxylation is 1. The minimum absolute atomic E-state index is 0.200. The van der Waals surface area contributed by atoms with E-state index in [-0.39, 0.29) is 11.5 Å². The molecule has 138 valence electrons. The van der Waals surface area contributed by atoms with Gasteiger partial charge in [0.05, 0.1) is 11.1 Å². The molecule has 0 atom stereocenters. The molecule has 4 rings (SSSR count). The number of hydrogen-bond acceptors (Lipinski definition) is 4. The number of Topliss-reactive ketones (excluding diaryl/α,β-unsaturated/α-hetero) is 1. The minimum Gasteiger partial charge on any atom is -0.452 e. The molecule has 5 heteroatoms. The first-order valence-corrected chi connectivity index (χ1v) is 9.41. The minimum atomic E-state index is -0.463. The summed E-state index contributed by atoms with van der Waals surface area (Å²) in [6.07, 6.45) is 1.69. The topological polar surface area (TPSA) is 52.6 Å². The summed E-state index contributed by atoms with van der Waals surface area (Å²) in [5, 5.41) is 0. The maximum atomic E-state index is 12.5. The zero-order valence-corrected chi connectivity index (χ0v) is 16.5. The number of carbonyl (C=O) groups excluding carboxylic acids is 2. The van der Waals surface area contributed by atoms with E-state index in [1.807, 2.05) is 43.3 Å². The van der Waals surface area contributed by atoms with Gasteiger partial charge in [0, 0.05) is 10.5 Å². The average molecular weight is 435 g/mol. The zero-order chi connectivity index (χ0) is 19.7. The first-order valence-electron chi connectivity index (χ1n) is 8.62. The fourth-order valence-electron chi connectivity index (χ4n) is 2.80. The molecular formula is C23H15BrO4. The van der Waals surface area contributed by atoms with E-state index in [9.17, 15) is 9.59 Å². The molecule has 0 radical (unpaired) electrons. The number of benzene rings is 3. The van der Waals surface area contributed by atoms with Crippen LogP contribution in [0.15, 0.2) is 77.0 Å².